The Kier molecular flexibility index (Phi) is 3.77. The Hall–Kier alpha value is -2.47. The van der Waals surface area contributed by atoms with Crippen molar-refractivity contribution < 1.29 is 4.79 Å². The predicted octanol–water partition coefficient (Wildman–Crippen LogP) is 3.29. The molecule has 0 bridgehead atoms. The number of amides is 1. The fourth-order valence-electron chi connectivity index (χ4n) is 2.30. The van der Waals surface area contributed by atoms with Crippen LogP contribution in [-0.4, -0.2) is 15.5 Å². The van der Waals surface area contributed by atoms with Crippen LogP contribution in [0.5, 0.6) is 0 Å². The fourth-order valence-corrected chi connectivity index (χ4v) is 3.36. The normalized spacial score (nSPS) is 11.0. The first kappa shape index (κ1) is 14.5. The molecule has 2 aromatic heterocycles. The highest BCUT2D eigenvalue weighted by Crippen LogP contribution is 2.24. The molecule has 0 saturated heterocycles. The Balaban J connectivity index is 1.93. The van der Waals surface area contributed by atoms with Crippen molar-refractivity contribution in [3.05, 3.63) is 58.0 Å². The third-order valence-electron chi connectivity index (χ3n) is 3.31. The average molecular weight is 313 g/mol. The molecule has 1 aromatic carbocycles. The van der Waals surface area contributed by atoms with E-state index in [-0.39, 0.29) is 16.8 Å². The Labute approximate surface area is 131 Å². The minimum atomic E-state index is -0.219. The lowest BCUT2D eigenvalue weighted by molar-refractivity contribution is 0.102. The molecule has 0 atom stereocenters. The van der Waals surface area contributed by atoms with Crippen LogP contribution >= 0.6 is 11.3 Å². The number of thiazole rings is 1. The van der Waals surface area contributed by atoms with E-state index in [9.17, 15) is 9.59 Å². The van der Waals surface area contributed by atoms with Crippen LogP contribution < -0.4 is 10.2 Å². The fraction of sp³-hybridized carbons (Fsp3) is 0.188. The summed E-state index contributed by atoms with van der Waals surface area (Å²) in [6.07, 6.45) is 3.14. The summed E-state index contributed by atoms with van der Waals surface area (Å²) in [6, 6.07) is 9.03. The number of nitrogens with one attached hydrogen (secondary N) is 1. The van der Waals surface area contributed by atoms with E-state index in [1.807, 2.05) is 32.0 Å². The third kappa shape index (κ3) is 2.65. The Bertz CT molecular complexity index is 881. The molecule has 6 heteroatoms. The van der Waals surface area contributed by atoms with Gasteiger partial charge in [-0.1, -0.05) is 11.3 Å². The molecule has 112 valence electrons. The topological polar surface area (TPSA) is 64.0 Å². The number of nitrogens with zero attached hydrogens (tertiary/aromatic N) is 2. The summed E-state index contributed by atoms with van der Waals surface area (Å²) in [6.45, 7) is 3.96. The summed E-state index contributed by atoms with van der Waals surface area (Å²) in [5, 5.41) is 2.82. The smallest absolute Gasteiger partial charge is 0.308 e. The minimum absolute atomic E-state index is 0.0146. The van der Waals surface area contributed by atoms with Crippen LogP contribution in [-0.2, 0) is 0 Å². The van der Waals surface area contributed by atoms with Crippen molar-refractivity contribution in [2.45, 2.75) is 19.9 Å². The van der Waals surface area contributed by atoms with Crippen LogP contribution in [0.4, 0.5) is 5.69 Å². The number of pyridine rings is 1. The first-order chi connectivity index (χ1) is 10.6. The van der Waals surface area contributed by atoms with Gasteiger partial charge in [0.15, 0.2) is 0 Å². The highest BCUT2D eigenvalue weighted by atomic mass is 32.1. The number of carbonyl (C=O) groups is 1. The molecule has 0 saturated carbocycles. The lowest BCUT2D eigenvalue weighted by Gasteiger charge is -2.08. The van der Waals surface area contributed by atoms with Crippen molar-refractivity contribution in [2.24, 2.45) is 0 Å². The molecule has 0 fully saturated rings. The van der Waals surface area contributed by atoms with Gasteiger partial charge in [-0.05, 0) is 44.2 Å². The van der Waals surface area contributed by atoms with Crippen LogP contribution in [0.25, 0.3) is 10.2 Å². The highest BCUT2D eigenvalue weighted by Gasteiger charge is 2.12. The van der Waals surface area contributed by atoms with Gasteiger partial charge in [-0.3, -0.25) is 19.1 Å². The molecule has 0 aliphatic rings. The SMILES string of the molecule is CC(C)n1c(=O)sc2cc(NC(=O)c3cccnc3)ccc21. The molecule has 2 heterocycles. The van der Waals surface area contributed by atoms with E-state index in [0.717, 1.165) is 10.2 Å². The Morgan fingerprint density at radius 2 is 2.14 bits per heavy atom. The summed E-state index contributed by atoms with van der Waals surface area (Å²) in [5.41, 5.74) is 2.05. The summed E-state index contributed by atoms with van der Waals surface area (Å²) in [4.78, 5) is 28.1. The first-order valence-electron chi connectivity index (χ1n) is 6.93. The molecule has 22 heavy (non-hydrogen) atoms. The number of carbonyl (C=O) groups excluding carboxylic acids is 1. The maximum absolute atomic E-state index is 12.1. The van der Waals surface area contributed by atoms with Crippen LogP contribution in [0.3, 0.4) is 0 Å². The minimum Gasteiger partial charge on any atom is -0.322 e. The summed E-state index contributed by atoms with van der Waals surface area (Å²) in [7, 11) is 0. The lowest BCUT2D eigenvalue weighted by atomic mass is 10.2. The van der Waals surface area contributed by atoms with Gasteiger partial charge in [0.05, 0.1) is 15.8 Å². The summed E-state index contributed by atoms with van der Waals surface area (Å²) >= 11 is 1.19. The van der Waals surface area contributed by atoms with Gasteiger partial charge in [0.2, 0.25) is 0 Å². The van der Waals surface area contributed by atoms with Crippen LogP contribution in [0.15, 0.2) is 47.5 Å². The number of benzene rings is 1. The molecular formula is C16H15N3O2S. The van der Waals surface area contributed by atoms with Gasteiger partial charge >= 0.3 is 4.87 Å². The van der Waals surface area contributed by atoms with Crippen LogP contribution in [0.2, 0.25) is 0 Å². The second kappa shape index (κ2) is 5.73. The first-order valence-corrected chi connectivity index (χ1v) is 7.74. The van der Waals surface area contributed by atoms with Gasteiger partial charge in [0.25, 0.3) is 5.91 Å². The molecule has 1 amide bonds. The van der Waals surface area contributed by atoms with Crippen molar-refractivity contribution in [3.63, 3.8) is 0 Å². The second-order valence-electron chi connectivity index (χ2n) is 5.21. The Morgan fingerprint density at radius 1 is 1.32 bits per heavy atom. The van der Waals surface area contributed by atoms with Gasteiger partial charge in [-0.15, -0.1) is 0 Å². The van der Waals surface area contributed by atoms with Crippen molar-refractivity contribution in [3.8, 4) is 0 Å². The number of rotatable bonds is 3. The highest BCUT2D eigenvalue weighted by molar-refractivity contribution is 7.16. The zero-order valence-electron chi connectivity index (χ0n) is 12.2. The van der Waals surface area contributed by atoms with E-state index in [1.165, 1.54) is 17.5 Å². The maximum atomic E-state index is 12.1. The number of fused-ring (bicyclic) bond motifs is 1. The maximum Gasteiger partial charge on any atom is 0.308 e. The predicted molar refractivity (Wildman–Crippen MR) is 88.7 cm³/mol. The van der Waals surface area contributed by atoms with Crippen LogP contribution in [0.1, 0.15) is 30.2 Å². The lowest BCUT2D eigenvalue weighted by Crippen LogP contribution is -2.14. The zero-order chi connectivity index (χ0) is 15.7. The molecule has 0 unspecified atom stereocenters. The Morgan fingerprint density at radius 3 is 2.82 bits per heavy atom. The third-order valence-corrected chi connectivity index (χ3v) is 4.23. The summed E-state index contributed by atoms with van der Waals surface area (Å²) in [5.74, 6) is -0.219. The van der Waals surface area contributed by atoms with E-state index < -0.39 is 0 Å². The largest absolute Gasteiger partial charge is 0.322 e. The van der Waals surface area contributed by atoms with Gasteiger partial charge < -0.3 is 5.32 Å². The number of aromatic nitrogens is 2. The van der Waals surface area contributed by atoms with Crippen molar-refractivity contribution in [1.82, 2.24) is 9.55 Å². The van der Waals surface area contributed by atoms with Crippen molar-refractivity contribution >= 4 is 33.1 Å². The monoisotopic (exact) mass is 313 g/mol. The zero-order valence-corrected chi connectivity index (χ0v) is 13.1. The van der Waals surface area contributed by atoms with Gasteiger partial charge in [0, 0.05) is 24.1 Å². The van der Waals surface area contributed by atoms with E-state index >= 15 is 0 Å². The average Bonchev–Trinajstić information content (AvgIpc) is 2.83. The molecule has 0 radical (unpaired) electrons. The second-order valence-corrected chi connectivity index (χ2v) is 6.20. The number of hydrogen-bond donors (Lipinski definition) is 1. The van der Waals surface area contributed by atoms with Gasteiger partial charge in [-0.2, -0.15) is 0 Å². The molecule has 1 N–H and O–H groups in total. The molecule has 3 aromatic rings. The van der Waals surface area contributed by atoms with Gasteiger partial charge in [-0.25, -0.2) is 0 Å². The van der Waals surface area contributed by atoms with E-state index in [2.05, 4.69) is 10.3 Å². The van der Waals surface area contributed by atoms with E-state index in [0.29, 0.717) is 11.3 Å². The summed E-state index contributed by atoms with van der Waals surface area (Å²) < 4.78 is 2.62. The molecule has 5 nitrogen and oxygen atoms in total. The molecule has 0 aliphatic heterocycles. The molecule has 3 rings (SSSR count). The molecular weight excluding hydrogens is 298 g/mol. The number of anilines is 1. The quantitative estimate of drug-likeness (QED) is 0.807. The molecule has 0 spiro atoms. The van der Waals surface area contributed by atoms with Crippen molar-refractivity contribution in [2.75, 3.05) is 5.32 Å². The van der Waals surface area contributed by atoms with Crippen LogP contribution in [0, 0.1) is 0 Å². The molecule has 0 aliphatic carbocycles. The number of hydrogen-bond acceptors (Lipinski definition) is 4. The van der Waals surface area contributed by atoms with Crippen molar-refractivity contribution in [1.29, 1.82) is 0 Å². The van der Waals surface area contributed by atoms with Gasteiger partial charge in [0.1, 0.15) is 0 Å². The van der Waals surface area contributed by atoms with E-state index in [4.69, 9.17) is 0 Å². The standard InChI is InChI=1S/C16H15N3O2S/c1-10(2)19-13-6-5-12(8-14(13)22-16(19)21)18-15(20)11-4-3-7-17-9-11/h3-10H,1-2H3,(H,18,20). The van der Waals surface area contributed by atoms with E-state index in [1.54, 1.807) is 22.9 Å².